The van der Waals surface area contributed by atoms with Crippen molar-refractivity contribution in [2.24, 2.45) is 0 Å². The van der Waals surface area contributed by atoms with Gasteiger partial charge >= 0.3 is 0 Å². The van der Waals surface area contributed by atoms with Gasteiger partial charge in [-0.05, 0) is 60.7 Å². The Balaban J connectivity index is 1.09. The molecule has 4 aromatic heterocycles. The molecule has 0 radical (unpaired) electrons. The van der Waals surface area contributed by atoms with Crippen LogP contribution in [0.3, 0.4) is 0 Å². The molecule has 0 aliphatic rings. The number of fused-ring (bicyclic) bond motifs is 8. The molecule has 0 unspecified atom stereocenters. The highest BCUT2D eigenvalue weighted by molar-refractivity contribution is 7.22. The van der Waals surface area contributed by atoms with Crippen molar-refractivity contribution in [3.63, 3.8) is 0 Å². The molecule has 6 heteroatoms. The molecule has 0 fully saturated rings. The van der Waals surface area contributed by atoms with Crippen LogP contribution >= 0.6 is 22.7 Å². The molecule has 0 saturated carbocycles. The first-order valence-electron chi connectivity index (χ1n) is 14.6. The van der Waals surface area contributed by atoms with E-state index in [-0.39, 0.29) is 0 Å². The van der Waals surface area contributed by atoms with E-state index in [9.17, 15) is 0 Å². The number of benzene rings is 6. The third kappa shape index (κ3) is 3.43. The smallest absolute Gasteiger partial charge is 0.195 e. The van der Waals surface area contributed by atoms with E-state index in [1.54, 1.807) is 22.7 Å². The second-order valence-corrected chi connectivity index (χ2v) is 13.1. The highest BCUT2D eigenvalue weighted by Crippen LogP contribution is 2.39. The van der Waals surface area contributed by atoms with Gasteiger partial charge in [0.1, 0.15) is 5.01 Å². The van der Waals surface area contributed by atoms with Crippen molar-refractivity contribution in [3.8, 4) is 21.4 Å². The van der Waals surface area contributed by atoms with Gasteiger partial charge in [0.2, 0.25) is 0 Å². The minimum absolute atomic E-state index is 0.981. The van der Waals surface area contributed by atoms with Crippen molar-refractivity contribution in [2.45, 2.75) is 0 Å². The summed E-state index contributed by atoms with van der Waals surface area (Å²) in [5.74, 6) is 0. The van der Waals surface area contributed by atoms with Crippen LogP contribution in [0.25, 0.3) is 85.4 Å². The summed E-state index contributed by atoms with van der Waals surface area (Å²) < 4.78 is 6.99. The van der Waals surface area contributed by atoms with Crippen LogP contribution in [0.1, 0.15) is 0 Å². The van der Waals surface area contributed by atoms with Crippen LogP contribution in [0.15, 0.2) is 133 Å². The van der Waals surface area contributed by atoms with E-state index in [0.717, 1.165) is 37.1 Å². The number of thiazole rings is 2. The Bertz CT molecular complexity index is 2520. The molecule has 44 heavy (non-hydrogen) atoms. The molecule has 10 aromatic rings. The monoisotopic (exact) mass is 598 g/mol. The minimum atomic E-state index is 0.981. The second-order valence-electron chi connectivity index (χ2n) is 11.1. The molecule has 6 aromatic carbocycles. The van der Waals surface area contributed by atoms with E-state index in [1.165, 1.54) is 48.3 Å². The van der Waals surface area contributed by atoms with E-state index in [0.29, 0.717) is 0 Å². The standard InChI is InChI=1S/C38H22N4S2/c1-5-13-31-25(9-1)26-10-2-6-14-32(26)41(31)24-18-20-29-36(22-24)43-37(39-29)23-17-19-30-35(21-23)44-38(40-30)42-33-15-7-3-11-27(33)28-12-4-8-16-34(28)42/h1-22H. The number of rotatable bonds is 3. The van der Waals surface area contributed by atoms with Gasteiger partial charge in [0.15, 0.2) is 5.13 Å². The normalized spacial score (nSPS) is 12.1. The fourth-order valence-corrected chi connectivity index (χ4v) is 8.67. The van der Waals surface area contributed by atoms with Crippen LogP contribution < -0.4 is 0 Å². The Hall–Kier alpha value is -5.30. The zero-order valence-corrected chi connectivity index (χ0v) is 24.9. The van der Waals surface area contributed by atoms with E-state index < -0.39 is 0 Å². The van der Waals surface area contributed by atoms with Crippen molar-refractivity contribution in [3.05, 3.63) is 133 Å². The lowest BCUT2D eigenvalue weighted by atomic mass is 10.2. The van der Waals surface area contributed by atoms with Gasteiger partial charge in [0.25, 0.3) is 0 Å². The van der Waals surface area contributed by atoms with Gasteiger partial charge in [-0.15, -0.1) is 11.3 Å². The van der Waals surface area contributed by atoms with E-state index in [2.05, 4.69) is 143 Å². The molecule has 0 amide bonds. The Morgan fingerprint density at radius 3 is 1.55 bits per heavy atom. The maximum Gasteiger partial charge on any atom is 0.195 e. The van der Waals surface area contributed by atoms with Gasteiger partial charge in [-0.1, -0.05) is 84.1 Å². The molecule has 0 aliphatic heterocycles. The summed E-state index contributed by atoms with van der Waals surface area (Å²) in [6.45, 7) is 0. The van der Waals surface area contributed by atoms with Gasteiger partial charge < -0.3 is 4.57 Å². The molecular formula is C38H22N4S2. The highest BCUT2D eigenvalue weighted by atomic mass is 32.1. The maximum atomic E-state index is 5.08. The minimum Gasteiger partial charge on any atom is -0.309 e. The van der Waals surface area contributed by atoms with E-state index >= 15 is 0 Å². The van der Waals surface area contributed by atoms with Crippen molar-refractivity contribution < 1.29 is 0 Å². The summed E-state index contributed by atoms with van der Waals surface area (Å²) in [4.78, 5) is 10.1. The summed E-state index contributed by atoms with van der Waals surface area (Å²) in [6, 6.07) is 47.6. The molecule has 4 nitrogen and oxygen atoms in total. The predicted molar refractivity (Wildman–Crippen MR) is 187 cm³/mol. The van der Waals surface area contributed by atoms with Crippen molar-refractivity contribution in [2.75, 3.05) is 0 Å². The zero-order chi connectivity index (χ0) is 28.8. The Kier molecular flexibility index (Phi) is 5.00. The molecule has 4 heterocycles. The van der Waals surface area contributed by atoms with Crippen LogP contribution in [0.2, 0.25) is 0 Å². The first-order valence-corrected chi connectivity index (χ1v) is 16.2. The van der Waals surface area contributed by atoms with Crippen LogP contribution in [0.4, 0.5) is 0 Å². The third-order valence-corrected chi connectivity index (χ3v) is 10.7. The number of nitrogens with zero attached hydrogens (tertiary/aromatic N) is 4. The van der Waals surface area contributed by atoms with Gasteiger partial charge in [-0.25, -0.2) is 9.97 Å². The third-order valence-electron chi connectivity index (χ3n) is 8.61. The molecule has 0 N–H and O–H groups in total. The second kappa shape index (κ2) is 9.10. The van der Waals surface area contributed by atoms with Crippen LogP contribution in [0, 0.1) is 0 Å². The average molecular weight is 599 g/mol. The number of para-hydroxylation sites is 4. The summed E-state index contributed by atoms with van der Waals surface area (Å²) in [6.07, 6.45) is 0. The summed E-state index contributed by atoms with van der Waals surface area (Å²) in [5, 5.41) is 7.04. The molecule has 0 atom stereocenters. The molecule has 0 saturated heterocycles. The lowest BCUT2D eigenvalue weighted by molar-refractivity contribution is 1.15. The molecular weight excluding hydrogens is 577 g/mol. The van der Waals surface area contributed by atoms with Crippen molar-refractivity contribution in [1.29, 1.82) is 0 Å². The van der Waals surface area contributed by atoms with Crippen molar-refractivity contribution in [1.82, 2.24) is 19.1 Å². The Labute approximate surface area is 259 Å². The Morgan fingerprint density at radius 1 is 0.432 bits per heavy atom. The molecule has 206 valence electrons. The van der Waals surface area contributed by atoms with Gasteiger partial charge in [0, 0.05) is 32.8 Å². The first kappa shape index (κ1) is 24.2. The zero-order valence-electron chi connectivity index (χ0n) is 23.3. The van der Waals surface area contributed by atoms with Crippen LogP contribution in [-0.2, 0) is 0 Å². The number of hydrogen-bond acceptors (Lipinski definition) is 4. The predicted octanol–water partition coefficient (Wildman–Crippen LogP) is 10.8. The number of aromatic nitrogens is 4. The summed E-state index contributed by atoms with van der Waals surface area (Å²) >= 11 is 3.47. The fraction of sp³-hybridized carbons (Fsp3) is 0. The van der Waals surface area contributed by atoms with Gasteiger partial charge in [0.05, 0.1) is 42.5 Å². The summed E-state index contributed by atoms with van der Waals surface area (Å²) in [7, 11) is 0. The molecule has 0 bridgehead atoms. The topological polar surface area (TPSA) is 35.6 Å². The van der Waals surface area contributed by atoms with Gasteiger partial charge in [-0.2, -0.15) is 0 Å². The Morgan fingerprint density at radius 2 is 0.932 bits per heavy atom. The van der Waals surface area contributed by atoms with E-state index in [4.69, 9.17) is 9.97 Å². The first-order chi connectivity index (χ1) is 21.8. The van der Waals surface area contributed by atoms with Crippen LogP contribution in [0.5, 0.6) is 0 Å². The van der Waals surface area contributed by atoms with Gasteiger partial charge in [-0.3, -0.25) is 4.57 Å². The summed E-state index contributed by atoms with van der Waals surface area (Å²) in [5.41, 5.74) is 9.08. The highest BCUT2D eigenvalue weighted by Gasteiger charge is 2.17. The molecule has 10 rings (SSSR count). The SMILES string of the molecule is c1ccc2c(c1)c1ccccc1n2-c1ccc2nc(-c3ccc4nc(-n5c6ccccc6c6ccccc65)sc4c3)sc2c1. The lowest BCUT2D eigenvalue weighted by Crippen LogP contribution is -1.92. The maximum absolute atomic E-state index is 5.08. The number of hydrogen-bond donors (Lipinski definition) is 0. The van der Waals surface area contributed by atoms with E-state index in [1.807, 2.05) is 0 Å². The fourth-order valence-electron chi connectivity index (χ4n) is 6.65. The van der Waals surface area contributed by atoms with Crippen molar-refractivity contribution >= 4 is 86.7 Å². The van der Waals surface area contributed by atoms with Crippen LogP contribution in [-0.4, -0.2) is 19.1 Å². The average Bonchev–Trinajstić information content (AvgIpc) is 3.84. The molecule has 0 spiro atoms. The quantitative estimate of drug-likeness (QED) is 0.203. The lowest BCUT2D eigenvalue weighted by Gasteiger charge is -2.07. The molecule has 0 aliphatic carbocycles. The largest absolute Gasteiger partial charge is 0.309 e.